The van der Waals surface area contributed by atoms with Crippen LogP contribution in [0.4, 0.5) is 0 Å². The van der Waals surface area contributed by atoms with Gasteiger partial charge in [0, 0.05) is 56.4 Å². The molecule has 1 aromatic heterocycles. The van der Waals surface area contributed by atoms with Gasteiger partial charge in [-0.05, 0) is 62.5 Å². The number of likely N-dealkylation sites (tertiary alicyclic amines) is 1. The van der Waals surface area contributed by atoms with Gasteiger partial charge in [-0.25, -0.2) is 4.98 Å². The number of carbonyl (C=O) groups is 1. The van der Waals surface area contributed by atoms with Crippen molar-refractivity contribution in [3.05, 3.63) is 23.9 Å². The van der Waals surface area contributed by atoms with Crippen LogP contribution in [0.2, 0.25) is 0 Å². The smallest absolute Gasteiger partial charge is 0.222 e. The molecule has 34 heavy (non-hydrogen) atoms. The molecule has 3 fully saturated rings. The van der Waals surface area contributed by atoms with Crippen LogP contribution >= 0.6 is 0 Å². The molecule has 1 saturated carbocycles. The van der Waals surface area contributed by atoms with E-state index in [-0.39, 0.29) is 11.3 Å². The molecule has 1 amide bonds. The molecular formula is C27H43N3O4. The van der Waals surface area contributed by atoms with Crippen LogP contribution in [0.3, 0.4) is 0 Å². The number of amides is 1. The second kappa shape index (κ2) is 11.4. The van der Waals surface area contributed by atoms with Crippen molar-refractivity contribution in [2.75, 3.05) is 46.5 Å². The summed E-state index contributed by atoms with van der Waals surface area (Å²) in [5, 5.41) is 11.0. The normalized spacial score (nSPS) is 29.5. The molecule has 3 aliphatic rings. The van der Waals surface area contributed by atoms with E-state index in [0.29, 0.717) is 49.8 Å². The van der Waals surface area contributed by atoms with Gasteiger partial charge in [-0.1, -0.05) is 19.9 Å². The molecule has 0 unspecified atom stereocenters. The van der Waals surface area contributed by atoms with Crippen LogP contribution in [-0.4, -0.2) is 78.4 Å². The molecule has 0 bridgehead atoms. The first kappa shape index (κ1) is 25.4. The number of aliphatic hydroxyl groups excluding tert-OH is 1. The van der Waals surface area contributed by atoms with Gasteiger partial charge in [-0.3, -0.25) is 9.69 Å². The lowest BCUT2D eigenvalue weighted by Crippen LogP contribution is -2.47. The van der Waals surface area contributed by atoms with Crippen LogP contribution in [0, 0.1) is 23.2 Å². The van der Waals surface area contributed by atoms with Gasteiger partial charge < -0.3 is 19.5 Å². The summed E-state index contributed by atoms with van der Waals surface area (Å²) in [6, 6.07) is 4.05. The molecule has 2 aliphatic heterocycles. The minimum Gasteiger partial charge on any atom is -0.481 e. The number of fused-ring (bicyclic) bond motifs is 1. The highest BCUT2D eigenvalue weighted by atomic mass is 16.5. The van der Waals surface area contributed by atoms with Gasteiger partial charge >= 0.3 is 0 Å². The Bertz CT molecular complexity index is 813. The first-order valence-corrected chi connectivity index (χ1v) is 13.1. The predicted molar refractivity (Wildman–Crippen MR) is 131 cm³/mol. The molecule has 1 aliphatic carbocycles. The standard InChI is InChI=1S/C27H43N3O4/c1-27(2)19-34-13-5-7-22-16-29(17-23-6-4-11-28-26(23)33-3)12-10-21(22)14-25(32)30(18-24(27)31)15-20-8-9-20/h4,6,11,20-22,24,31H,5,7-10,12-19H2,1-3H3/t21-,22-,24-/m0/s1. The van der Waals surface area contributed by atoms with Gasteiger partial charge in [0.1, 0.15) is 0 Å². The average molecular weight is 474 g/mol. The number of carbonyl (C=O) groups excluding carboxylic acids is 1. The molecule has 7 nitrogen and oxygen atoms in total. The Kier molecular flexibility index (Phi) is 8.48. The minimum absolute atomic E-state index is 0.222. The first-order valence-electron chi connectivity index (χ1n) is 13.1. The Morgan fingerprint density at radius 2 is 2.03 bits per heavy atom. The van der Waals surface area contributed by atoms with Gasteiger partial charge in [-0.15, -0.1) is 0 Å². The topological polar surface area (TPSA) is 75.1 Å². The number of pyridine rings is 1. The van der Waals surface area contributed by atoms with E-state index < -0.39 is 6.10 Å². The molecule has 1 aromatic rings. The van der Waals surface area contributed by atoms with Crippen molar-refractivity contribution >= 4 is 5.91 Å². The van der Waals surface area contributed by atoms with E-state index in [2.05, 4.69) is 16.0 Å². The Labute approximate surface area is 204 Å². The summed E-state index contributed by atoms with van der Waals surface area (Å²) in [5.74, 6) is 2.37. The van der Waals surface area contributed by atoms with E-state index in [9.17, 15) is 9.90 Å². The highest BCUT2D eigenvalue weighted by Gasteiger charge is 2.37. The zero-order chi connectivity index (χ0) is 24.1. The third-order valence-electron chi connectivity index (χ3n) is 8.01. The Hall–Kier alpha value is -1.70. The molecule has 3 heterocycles. The lowest BCUT2D eigenvalue weighted by molar-refractivity contribution is -0.136. The quantitative estimate of drug-likeness (QED) is 0.707. The molecule has 190 valence electrons. The Morgan fingerprint density at radius 1 is 1.21 bits per heavy atom. The molecule has 4 rings (SSSR count). The van der Waals surface area contributed by atoms with Gasteiger partial charge in [0.15, 0.2) is 0 Å². The monoisotopic (exact) mass is 473 g/mol. The number of rotatable bonds is 5. The zero-order valence-electron chi connectivity index (χ0n) is 21.2. The number of piperidine rings is 1. The highest BCUT2D eigenvalue weighted by Crippen LogP contribution is 2.35. The molecule has 1 N–H and O–H groups in total. The van der Waals surface area contributed by atoms with Crippen LogP contribution in [0.5, 0.6) is 5.88 Å². The predicted octanol–water partition coefficient (Wildman–Crippen LogP) is 3.35. The van der Waals surface area contributed by atoms with Crippen molar-refractivity contribution in [2.24, 2.45) is 23.2 Å². The molecule has 7 heteroatoms. The molecule has 0 aromatic carbocycles. The Balaban J connectivity index is 1.45. The number of hydrogen-bond donors (Lipinski definition) is 1. The SMILES string of the molecule is COc1ncccc1CN1CC[C@H]2CC(=O)N(CC3CC3)C[C@H](O)C(C)(C)COCCC[C@H]2C1. The molecule has 0 spiro atoms. The second-order valence-electron chi connectivity index (χ2n) is 11.4. The van der Waals surface area contributed by atoms with Crippen molar-refractivity contribution in [3.8, 4) is 5.88 Å². The summed E-state index contributed by atoms with van der Waals surface area (Å²) in [6.07, 6.45) is 7.24. The van der Waals surface area contributed by atoms with E-state index in [0.717, 1.165) is 51.0 Å². The molecule has 3 atom stereocenters. The first-order chi connectivity index (χ1) is 16.4. The summed E-state index contributed by atoms with van der Waals surface area (Å²) in [5.41, 5.74) is 0.738. The number of aliphatic hydroxyl groups is 1. The van der Waals surface area contributed by atoms with E-state index >= 15 is 0 Å². The third-order valence-corrected chi connectivity index (χ3v) is 8.01. The second-order valence-corrected chi connectivity index (χ2v) is 11.4. The maximum atomic E-state index is 13.5. The van der Waals surface area contributed by atoms with Crippen molar-refractivity contribution in [2.45, 2.75) is 65.0 Å². The van der Waals surface area contributed by atoms with Crippen LogP contribution in [0.15, 0.2) is 18.3 Å². The van der Waals surface area contributed by atoms with Crippen LogP contribution in [0.25, 0.3) is 0 Å². The van der Waals surface area contributed by atoms with Gasteiger partial charge in [0.05, 0.1) is 19.8 Å². The minimum atomic E-state index is -0.581. The van der Waals surface area contributed by atoms with Crippen LogP contribution < -0.4 is 4.74 Å². The average Bonchev–Trinajstić information content (AvgIpc) is 3.63. The van der Waals surface area contributed by atoms with E-state index in [1.807, 2.05) is 24.8 Å². The number of aromatic nitrogens is 1. The summed E-state index contributed by atoms with van der Waals surface area (Å²) >= 11 is 0. The number of β-amino-alcohol motifs (C(OH)–C–C–N with tert-alkyl or cyclic N) is 1. The molecular weight excluding hydrogens is 430 g/mol. The summed E-state index contributed by atoms with van der Waals surface area (Å²) in [4.78, 5) is 22.3. The third kappa shape index (κ3) is 6.70. The van der Waals surface area contributed by atoms with Crippen LogP contribution in [-0.2, 0) is 16.1 Å². The van der Waals surface area contributed by atoms with Gasteiger partial charge in [0.2, 0.25) is 11.8 Å². The fourth-order valence-corrected chi connectivity index (χ4v) is 5.44. The number of hydrogen-bond acceptors (Lipinski definition) is 6. The largest absolute Gasteiger partial charge is 0.481 e. The number of ether oxygens (including phenoxy) is 2. The fourth-order valence-electron chi connectivity index (χ4n) is 5.44. The van der Waals surface area contributed by atoms with E-state index in [1.54, 1.807) is 13.3 Å². The van der Waals surface area contributed by atoms with Gasteiger partial charge in [-0.2, -0.15) is 0 Å². The van der Waals surface area contributed by atoms with Gasteiger partial charge in [0.25, 0.3) is 0 Å². The van der Waals surface area contributed by atoms with Crippen molar-refractivity contribution < 1.29 is 19.4 Å². The summed E-state index contributed by atoms with van der Waals surface area (Å²) < 4.78 is 11.5. The summed E-state index contributed by atoms with van der Waals surface area (Å²) in [7, 11) is 1.67. The number of nitrogens with zero attached hydrogens (tertiary/aromatic N) is 3. The maximum absolute atomic E-state index is 13.5. The maximum Gasteiger partial charge on any atom is 0.222 e. The van der Waals surface area contributed by atoms with Crippen molar-refractivity contribution in [1.29, 1.82) is 0 Å². The van der Waals surface area contributed by atoms with Crippen molar-refractivity contribution in [3.63, 3.8) is 0 Å². The lowest BCUT2D eigenvalue weighted by atomic mass is 9.80. The fraction of sp³-hybridized carbons (Fsp3) is 0.778. The highest BCUT2D eigenvalue weighted by molar-refractivity contribution is 5.76. The zero-order valence-corrected chi connectivity index (χ0v) is 21.2. The van der Waals surface area contributed by atoms with Crippen molar-refractivity contribution in [1.82, 2.24) is 14.8 Å². The Morgan fingerprint density at radius 3 is 2.79 bits per heavy atom. The van der Waals surface area contributed by atoms with Crippen LogP contribution in [0.1, 0.15) is 57.9 Å². The number of methoxy groups -OCH3 is 1. The molecule has 0 radical (unpaired) electrons. The lowest BCUT2D eigenvalue weighted by Gasteiger charge is -2.39. The van der Waals surface area contributed by atoms with E-state index in [1.165, 1.54) is 12.8 Å². The molecule has 2 saturated heterocycles. The summed E-state index contributed by atoms with van der Waals surface area (Å²) in [6.45, 7) is 9.28. The van der Waals surface area contributed by atoms with E-state index in [4.69, 9.17) is 9.47 Å².